The molecule has 8 fully saturated rings. The number of aliphatic hydroxyl groups excluding tert-OH is 7. The van der Waals surface area contributed by atoms with Gasteiger partial charge in [0.15, 0.2) is 12.6 Å². The third-order valence-corrected chi connectivity index (χ3v) is 17.2. The van der Waals surface area contributed by atoms with Crippen molar-refractivity contribution < 1.29 is 64.5 Å². The van der Waals surface area contributed by atoms with E-state index in [1.165, 1.54) is 0 Å². The number of hydrogen-bond acceptors (Lipinski definition) is 13. The highest BCUT2D eigenvalue weighted by molar-refractivity contribution is 5.33. The van der Waals surface area contributed by atoms with Crippen molar-refractivity contribution in [2.24, 2.45) is 44.8 Å². The average molecular weight is 755 g/mol. The largest absolute Gasteiger partial charge is 0.393 e. The van der Waals surface area contributed by atoms with Crippen LogP contribution in [0.15, 0.2) is 0 Å². The van der Waals surface area contributed by atoms with Gasteiger partial charge in [0.2, 0.25) is 0 Å². The molecule has 0 unspecified atom stereocenters. The van der Waals surface area contributed by atoms with Gasteiger partial charge in [0.25, 0.3) is 0 Å². The van der Waals surface area contributed by atoms with Crippen molar-refractivity contribution in [3.63, 3.8) is 0 Å². The summed E-state index contributed by atoms with van der Waals surface area (Å²) >= 11 is 0. The Morgan fingerprint density at radius 1 is 0.642 bits per heavy atom. The van der Waals surface area contributed by atoms with Gasteiger partial charge in [-0.05, 0) is 117 Å². The molecule has 3 aliphatic heterocycles. The fraction of sp³-hybridized carbons (Fsp3) is 1.00. The minimum absolute atomic E-state index is 0.0153. The lowest BCUT2D eigenvalue weighted by molar-refractivity contribution is -0.326. The highest BCUT2D eigenvalue weighted by Gasteiger charge is 2.85. The second-order valence-electron chi connectivity index (χ2n) is 20.6. The van der Waals surface area contributed by atoms with Crippen molar-refractivity contribution in [3.05, 3.63) is 0 Å². The topological polar surface area (TPSA) is 208 Å². The number of ether oxygens (including phenoxy) is 5. The molecular weight excluding hydrogens is 688 g/mol. The van der Waals surface area contributed by atoms with Crippen LogP contribution in [0.25, 0.3) is 0 Å². The van der Waals surface area contributed by atoms with E-state index in [4.69, 9.17) is 23.7 Å². The first kappa shape index (κ1) is 39.3. The second-order valence-corrected chi connectivity index (χ2v) is 20.6. The van der Waals surface area contributed by atoms with Crippen LogP contribution in [0.4, 0.5) is 0 Å². The highest BCUT2D eigenvalue weighted by Crippen LogP contribution is 2.89. The van der Waals surface area contributed by atoms with E-state index in [-0.39, 0.29) is 58.7 Å². The summed E-state index contributed by atoms with van der Waals surface area (Å²) in [5, 5.41) is 86.4. The van der Waals surface area contributed by atoms with E-state index in [0.717, 1.165) is 38.5 Å². The molecule has 0 aromatic carbocycles. The molecule has 3 heterocycles. The molecule has 8 N–H and O–H groups in total. The van der Waals surface area contributed by atoms with Crippen molar-refractivity contribution in [2.45, 2.75) is 191 Å². The zero-order valence-electron chi connectivity index (χ0n) is 32.6. The summed E-state index contributed by atoms with van der Waals surface area (Å²) in [4.78, 5) is 0. The maximum atomic E-state index is 12.2. The maximum Gasteiger partial charge on any atom is 0.186 e. The lowest BCUT2D eigenvalue weighted by Crippen LogP contribution is -2.64. The van der Waals surface area contributed by atoms with Crippen molar-refractivity contribution in [1.29, 1.82) is 0 Å². The summed E-state index contributed by atoms with van der Waals surface area (Å²) in [6, 6.07) is 0. The zero-order chi connectivity index (χ0) is 38.5. The summed E-state index contributed by atoms with van der Waals surface area (Å²) < 4.78 is 31.8. The van der Waals surface area contributed by atoms with Crippen molar-refractivity contribution >= 4 is 0 Å². The van der Waals surface area contributed by atoms with Gasteiger partial charge in [-0.1, -0.05) is 27.7 Å². The van der Waals surface area contributed by atoms with E-state index < -0.39 is 84.1 Å². The summed E-state index contributed by atoms with van der Waals surface area (Å²) in [5.74, 6) is -0.0540. The van der Waals surface area contributed by atoms with Crippen LogP contribution in [0.1, 0.15) is 106 Å². The Bertz CT molecular complexity index is 1410. The summed E-state index contributed by atoms with van der Waals surface area (Å²) in [7, 11) is 0. The van der Waals surface area contributed by atoms with Crippen molar-refractivity contribution in [2.75, 3.05) is 13.2 Å². The van der Waals surface area contributed by atoms with Crippen LogP contribution in [0.2, 0.25) is 0 Å². The third kappa shape index (κ3) is 5.42. The molecule has 0 amide bonds. The Hall–Kier alpha value is -0.520. The van der Waals surface area contributed by atoms with E-state index in [9.17, 15) is 40.9 Å². The average Bonchev–Trinajstić information content (AvgIpc) is 3.44. The Balaban J connectivity index is 1.14. The molecule has 20 atom stereocenters. The Morgan fingerprint density at radius 3 is 1.83 bits per heavy atom. The van der Waals surface area contributed by atoms with Crippen LogP contribution in [0.5, 0.6) is 0 Å². The van der Waals surface area contributed by atoms with Gasteiger partial charge in [0.1, 0.15) is 36.6 Å². The standard InChI is InChI=1S/C40H66O13/c1-34(2)24(52-33-29(47)27(45)21(43)17-50-33)9-11-40-18-39(40)13-12-36(5)30(38(7)10-8-25(53-38)35(3,4)48)19(41)15-37(36,6)23(39)14-22(31(34)40)51-32-28(46)26(44)20(42)16-49-32/h19-33,41-48H,8-18H2,1-7H3/t19-,20+,21+,22-,23-,24-,25+,26-,27-,28+,29+,30-,31-,32-,33-,36+,37-,38-,39-,40+/m0/s1. The number of rotatable bonds is 6. The number of fused-ring (bicyclic) bond motifs is 2. The molecule has 8 rings (SSSR count). The van der Waals surface area contributed by atoms with Crippen LogP contribution in [0, 0.1) is 44.8 Å². The van der Waals surface area contributed by atoms with Crippen molar-refractivity contribution in [1.82, 2.24) is 0 Å². The molecular formula is C40H66O13. The Morgan fingerprint density at radius 2 is 1.25 bits per heavy atom. The van der Waals surface area contributed by atoms with Gasteiger partial charge in [-0.25, -0.2) is 0 Å². The lowest BCUT2D eigenvalue weighted by Gasteiger charge is -2.65. The van der Waals surface area contributed by atoms with Gasteiger partial charge in [0.05, 0.1) is 48.8 Å². The van der Waals surface area contributed by atoms with Gasteiger partial charge in [-0.15, -0.1) is 0 Å². The minimum atomic E-state index is -1.45. The van der Waals surface area contributed by atoms with E-state index in [0.29, 0.717) is 19.3 Å². The smallest absolute Gasteiger partial charge is 0.186 e. The number of hydrogen-bond donors (Lipinski definition) is 8. The molecule has 5 aliphatic carbocycles. The van der Waals surface area contributed by atoms with Crippen LogP contribution in [0.3, 0.4) is 0 Å². The molecule has 13 nitrogen and oxygen atoms in total. The Labute approximate surface area is 313 Å². The molecule has 304 valence electrons. The minimum Gasteiger partial charge on any atom is -0.393 e. The van der Waals surface area contributed by atoms with E-state index in [1.54, 1.807) is 13.8 Å². The normalized spacial score (nSPS) is 59.0. The maximum absolute atomic E-state index is 12.2. The molecule has 0 aromatic rings. The predicted octanol–water partition coefficient (Wildman–Crippen LogP) is 1.36. The van der Waals surface area contributed by atoms with E-state index in [2.05, 4.69) is 34.6 Å². The first-order chi connectivity index (χ1) is 24.6. The van der Waals surface area contributed by atoms with Gasteiger partial charge < -0.3 is 64.5 Å². The van der Waals surface area contributed by atoms with Gasteiger partial charge in [-0.2, -0.15) is 0 Å². The van der Waals surface area contributed by atoms with Crippen molar-refractivity contribution in [3.8, 4) is 0 Å². The van der Waals surface area contributed by atoms with E-state index >= 15 is 0 Å². The summed E-state index contributed by atoms with van der Waals surface area (Å²) in [6.45, 7) is 14.4. The molecule has 5 saturated carbocycles. The summed E-state index contributed by atoms with van der Waals surface area (Å²) in [6.07, 6.45) is -4.95. The Kier molecular flexibility index (Phi) is 9.27. The molecule has 53 heavy (non-hydrogen) atoms. The third-order valence-electron chi connectivity index (χ3n) is 17.2. The summed E-state index contributed by atoms with van der Waals surface area (Å²) in [5.41, 5.74) is -2.85. The lowest BCUT2D eigenvalue weighted by atomic mass is 9.41. The molecule has 2 spiro atoms. The molecule has 13 heteroatoms. The highest BCUT2D eigenvalue weighted by atomic mass is 16.7. The first-order valence-electron chi connectivity index (χ1n) is 20.3. The molecule has 0 aromatic heterocycles. The fourth-order valence-electron chi connectivity index (χ4n) is 14.6. The van der Waals surface area contributed by atoms with Gasteiger partial charge >= 0.3 is 0 Å². The van der Waals surface area contributed by atoms with Crippen LogP contribution < -0.4 is 0 Å². The molecule has 8 aliphatic rings. The monoisotopic (exact) mass is 754 g/mol. The second kappa shape index (κ2) is 12.5. The SMILES string of the molecule is CC(C)(O)[C@H]1CC[C@@](C)([C@H]2[C@@H](O)C[C@@]3(C)[C@@H]4C[C@H](O[C@@H]5OC[C@@H](O)[C@H](O)[C@H]5O)[C@H]5C(C)(C)[C@@H](O[C@@H]6OC[C@@H](O)[C@H](O)[C@H]6O)CC[C@@]56C[C@@]46CC[C@]23C)O1. The molecule has 3 saturated heterocycles. The van der Waals surface area contributed by atoms with Crippen LogP contribution in [-0.4, -0.2) is 139 Å². The van der Waals surface area contributed by atoms with Crippen LogP contribution >= 0.6 is 0 Å². The molecule has 0 bridgehead atoms. The van der Waals surface area contributed by atoms with E-state index in [1.807, 2.05) is 0 Å². The number of aliphatic hydroxyl groups is 8. The van der Waals surface area contributed by atoms with Gasteiger partial charge in [-0.3, -0.25) is 0 Å². The first-order valence-corrected chi connectivity index (χ1v) is 20.3. The quantitative estimate of drug-likeness (QED) is 0.181. The molecule has 0 radical (unpaired) electrons. The van der Waals surface area contributed by atoms with Crippen LogP contribution in [-0.2, 0) is 23.7 Å². The van der Waals surface area contributed by atoms with Gasteiger partial charge in [0, 0.05) is 5.92 Å². The zero-order valence-corrected chi connectivity index (χ0v) is 32.6. The fourth-order valence-corrected chi connectivity index (χ4v) is 14.6. The predicted molar refractivity (Wildman–Crippen MR) is 188 cm³/mol.